The highest BCUT2D eigenvalue weighted by molar-refractivity contribution is 6.28. The minimum Gasteiger partial charge on any atom is -0.465 e. The van der Waals surface area contributed by atoms with E-state index in [1.54, 1.807) is 24.3 Å². The maximum absolute atomic E-state index is 11.8. The number of esters is 1. The van der Waals surface area contributed by atoms with Crippen molar-refractivity contribution in [2.24, 2.45) is 0 Å². The maximum Gasteiger partial charge on any atom is 0.339 e. The van der Waals surface area contributed by atoms with Crippen LogP contribution in [-0.4, -0.2) is 35.0 Å². The van der Waals surface area contributed by atoms with Crippen LogP contribution in [0.3, 0.4) is 0 Å². The number of rotatable bonds is 4. The van der Waals surface area contributed by atoms with Gasteiger partial charge in [0, 0.05) is 7.05 Å². The number of benzene rings is 1. The molecule has 0 aliphatic carbocycles. The van der Waals surface area contributed by atoms with E-state index in [1.165, 1.54) is 19.1 Å². The Kier molecular flexibility index (Phi) is 4.52. The van der Waals surface area contributed by atoms with Crippen LogP contribution >= 0.6 is 11.6 Å². The minimum atomic E-state index is -0.622. The first-order valence-corrected chi connectivity index (χ1v) is 6.41. The van der Waals surface area contributed by atoms with Crippen molar-refractivity contribution in [1.82, 2.24) is 9.97 Å². The van der Waals surface area contributed by atoms with E-state index in [4.69, 9.17) is 16.3 Å². The first-order chi connectivity index (χ1) is 10.5. The van der Waals surface area contributed by atoms with Crippen molar-refractivity contribution in [2.75, 3.05) is 19.1 Å². The van der Waals surface area contributed by atoms with E-state index in [0.29, 0.717) is 5.69 Å². The van der Waals surface area contributed by atoms with Gasteiger partial charge in [-0.3, -0.25) is 10.1 Å². The molecule has 2 rings (SSSR count). The molecule has 2 aromatic rings. The van der Waals surface area contributed by atoms with Gasteiger partial charge < -0.3 is 9.64 Å². The molecule has 8 nitrogen and oxygen atoms in total. The number of nitro groups is 1. The summed E-state index contributed by atoms with van der Waals surface area (Å²) in [4.78, 5) is 31.2. The predicted molar refractivity (Wildman–Crippen MR) is 79.5 cm³/mol. The Morgan fingerprint density at radius 3 is 2.73 bits per heavy atom. The lowest BCUT2D eigenvalue weighted by Crippen LogP contribution is -2.17. The normalized spacial score (nSPS) is 10.1. The Bertz CT molecular complexity index is 738. The maximum atomic E-state index is 11.8. The molecule has 0 spiro atoms. The Balaban J connectivity index is 2.58. The van der Waals surface area contributed by atoms with Gasteiger partial charge in [0.25, 0.3) is 0 Å². The van der Waals surface area contributed by atoms with Crippen LogP contribution in [-0.2, 0) is 4.74 Å². The van der Waals surface area contributed by atoms with E-state index in [9.17, 15) is 14.9 Å². The van der Waals surface area contributed by atoms with Crippen LogP contribution in [0.4, 0.5) is 17.2 Å². The summed E-state index contributed by atoms with van der Waals surface area (Å²) in [6.45, 7) is 0. The number of ether oxygens (including phenoxy) is 1. The lowest BCUT2D eigenvalue weighted by molar-refractivity contribution is -0.384. The second-order valence-corrected chi connectivity index (χ2v) is 4.51. The number of para-hydroxylation sites is 1. The van der Waals surface area contributed by atoms with E-state index in [0.717, 1.165) is 6.20 Å². The molecule has 1 aromatic carbocycles. The van der Waals surface area contributed by atoms with E-state index in [-0.39, 0.29) is 22.4 Å². The smallest absolute Gasteiger partial charge is 0.339 e. The molecule has 0 amide bonds. The number of hydrogen-bond donors (Lipinski definition) is 0. The van der Waals surface area contributed by atoms with Crippen molar-refractivity contribution in [1.29, 1.82) is 0 Å². The van der Waals surface area contributed by atoms with Crippen LogP contribution in [0.15, 0.2) is 30.5 Å². The van der Waals surface area contributed by atoms with Crippen LogP contribution in [0.1, 0.15) is 10.4 Å². The van der Waals surface area contributed by atoms with Crippen LogP contribution in [0.5, 0.6) is 0 Å². The summed E-state index contributed by atoms with van der Waals surface area (Å²) in [5, 5.41) is 11.0. The quantitative estimate of drug-likeness (QED) is 0.369. The number of methoxy groups -OCH3 is 1. The Hall–Kier alpha value is -2.74. The molecule has 0 unspecified atom stereocenters. The third-order valence-electron chi connectivity index (χ3n) is 2.91. The first kappa shape index (κ1) is 15.6. The molecule has 0 aliphatic rings. The van der Waals surface area contributed by atoms with Gasteiger partial charge in [-0.2, -0.15) is 4.98 Å². The van der Waals surface area contributed by atoms with Gasteiger partial charge in [0.15, 0.2) is 0 Å². The van der Waals surface area contributed by atoms with E-state index < -0.39 is 10.9 Å². The fourth-order valence-electron chi connectivity index (χ4n) is 1.88. The van der Waals surface area contributed by atoms with Gasteiger partial charge in [0.2, 0.25) is 11.1 Å². The average molecular weight is 323 g/mol. The molecular formula is C13H11ClN4O4. The summed E-state index contributed by atoms with van der Waals surface area (Å²) < 4.78 is 4.71. The summed E-state index contributed by atoms with van der Waals surface area (Å²) in [5.41, 5.74) is 0.315. The highest BCUT2D eigenvalue weighted by Gasteiger charge is 2.24. The largest absolute Gasteiger partial charge is 0.465 e. The highest BCUT2D eigenvalue weighted by atomic mass is 35.5. The van der Waals surface area contributed by atoms with Crippen LogP contribution in [0.25, 0.3) is 0 Å². The number of anilines is 2. The van der Waals surface area contributed by atoms with Crippen LogP contribution < -0.4 is 4.90 Å². The molecule has 0 saturated heterocycles. The molecule has 0 saturated carbocycles. The molecule has 0 N–H and O–H groups in total. The second kappa shape index (κ2) is 6.35. The molecule has 0 atom stereocenters. The monoisotopic (exact) mass is 322 g/mol. The fourth-order valence-corrected chi connectivity index (χ4v) is 2.01. The number of aromatic nitrogens is 2. The molecule has 22 heavy (non-hydrogen) atoms. The van der Waals surface area contributed by atoms with Gasteiger partial charge in [0.05, 0.1) is 23.3 Å². The molecule has 1 heterocycles. The molecular weight excluding hydrogens is 312 g/mol. The zero-order chi connectivity index (χ0) is 16.3. The highest BCUT2D eigenvalue weighted by Crippen LogP contribution is 2.32. The summed E-state index contributed by atoms with van der Waals surface area (Å²) in [6.07, 6.45) is 1.02. The number of hydrogen-bond acceptors (Lipinski definition) is 7. The Morgan fingerprint density at radius 1 is 1.41 bits per heavy atom. The molecule has 0 fully saturated rings. The van der Waals surface area contributed by atoms with E-state index >= 15 is 0 Å². The fraction of sp³-hybridized carbons (Fsp3) is 0.154. The standard InChI is InChI=1S/C13H11ClN4O4/c1-17(9-6-4-3-5-8(9)12(19)22-2)11-10(18(20)21)7-15-13(14)16-11/h3-7H,1-2H3. The van der Waals surface area contributed by atoms with Gasteiger partial charge in [-0.1, -0.05) is 12.1 Å². The van der Waals surface area contributed by atoms with Gasteiger partial charge in [-0.05, 0) is 23.7 Å². The minimum absolute atomic E-state index is 0.0265. The average Bonchev–Trinajstić information content (AvgIpc) is 2.53. The number of nitrogens with zero attached hydrogens (tertiary/aromatic N) is 4. The third kappa shape index (κ3) is 2.96. The van der Waals surface area contributed by atoms with Crippen molar-refractivity contribution in [2.45, 2.75) is 0 Å². The van der Waals surface area contributed by atoms with Crippen LogP contribution in [0.2, 0.25) is 5.28 Å². The van der Waals surface area contributed by atoms with E-state index in [1.807, 2.05) is 0 Å². The summed E-state index contributed by atoms with van der Waals surface area (Å²) in [6, 6.07) is 6.51. The van der Waals surface area contributed by atoms with Crippen LogP contribution in [0, 0.1) is 10.1 Å². The summed E-state index contributed by atoms with van der Waals surface area (Å²) >= 11 is 5.72. The van der Waals surface area contributed by atoms with Crippen molar-refractivity contribution in [3.8, 4) is 0 Å². The van der Waals surface area contributed by atoms with E-state index in [2.05, 4.69) is 9.97 Å². The SMILES string of the molecule is COC(=O)c1ccccc1N(C)c1nc(Cl)ncc1[N+](=O)[O-]. The molecule has 0 aliphatic heterocycles. The lowest BCUT2D eigenvalue weighted by atomic mass is 10.1. The second-order valence-electron chi connectivity index (χ2n) is 4.17. The zero-order valence-corrected chi connectivity index (χ0v) is 12.4. The zero-order valence-electron chi connectivity index (χ0n) is 11.7. The van der Waals surface area contributed by atoms with Gasteiger partial charge in [0.1, 0.15) is 6.20 Å². The third-order valence-corrected chi connectivity index (χ3v) is 3.09. The van der Waals surface area contributed by atoms with Gasteiger partial charge in [-0.25, -0.2) is 9.78 Å². The van der Waals surface area contributed by atoms with Gasteiger partial charge in [-0.15, -0.1) is 0 Å². The molecule has 0 radical (unpaired) electrons. The Labute approximate surface area is 130 Å². The number of carbonyl (C=O) groups is 1. The summed E-state index contributed by atoms with van der Waals surface area (Å²) in [7, 11) is 2.79. The molecule has 0 bridgehead atoms. The molecule has 9 heteroatoms. The van der Waals surface area contributed by atoms with Crippen molar-refractivity contribution in [3.63, 3.8) is 0 Å². The molecule has 114 valence electrons. The summed E-state index contributed by atoms with van der Waals surface area (Å²) in [5.74, 6) is -0.591. The van der Waals surface area contributed by atoms with Crippen molar-refractivity contribution < 1.29 is 14.5 Å². The predicted octanol–water partition coefficient (Wildman–Crippen LogP) is 2.59. The van der Waals surface area contributed by atoms with Crippen molar-refractivity contribution >= 4 is 34.8 Å². The number of halogens is 1. The first-order valence-electron chi connectivity index (χ1n) is 6.03. The lowest BCUT2D eigenvalue weighted by Gasteiger charge is -2.20. The topological polar surface area (TPSA) is 98.5 Å². The Morgan fingerprint density at radius 2 is 2.09 bits per heavy atom. The number of carbonyl (C=O) groups excluding carboxylic acids is 1. The molecule has 1 aromatic heterocycles. The van der Waals surface area contributed by atoms with Gasteiger partial charge >= 0.3 is 11.7 Å². The van der Waals surface area contributed by atoms with Crippen molar-refractivity contribution in [3.05, 3.63) is 51.4 Å².